The van der Waals surface area contributed by atoms with E-state index in [1.165, 1.54) is 7.05 Å². The van der Waals surface area contributed by atoms with Crippen LogP contribution in [0.2, 0.25) is 0 Å². The molecule has 1 aromatic heterocycles. The van der Waals surface area contributed by atoms with Gasteiger partial charge in [0.15, 0.2) is 5.69 Å². The van der Waals surface area contributed by atoms with E-state index < -0.39 is 11.9 Å². The van der Waals surface area contributed by atoms with Crippen molar-refractivity contribution in [1.29, 1.82) is 0 Å². The van der Waals surface area contributed by atoms with Crippen molar-refractivity contribution in [3.05, 3.63) is 11.8 Å². The van der Waals surface area contributed by atoms with E-state index in [2.05, 4.69) is 20.6 Å². The minimum absolute atomic E-state index is 0.0718. The maximum Gasteiger partial charge on any atom is 0.433 e. The van der Waals surface area contributed by atoms with E-state index in [0.29, 0.717) is 6.54 Å². The largest absolute Gasteiger partial charge is 0.433 e. The molecular formula is C13H19F3N4O. The van der Waals surface area contributed by atoms with Crippen molar-refractivity contribution in [2.24, 2.45) is 11.8 Å². The molecule has 0 aliphatic heterocycles. The number of aliphatic hydroxyl groups excluding tert-OH is 1. The number of rotatable bonds is 5. The molecule has 2 atom stereocenters. The molecule has 0 radical (unpaired) electrons. The molecule has 5 nitrogen and oxygen atoms in total. The molecule has 1 saturated carbocycles. The summed E-state index contributed by atoms with van der Waals surface area (Å²) in [5, 5.41) is 14.7. The van der Waals surface area contributed by atoms with Gasteiger partial charge in [-0.2, -0.15) is 18.2 Å². The highest BCUT2D eigenvalue weighted by Crippen LogP contribution is 2.32. The Hall–Kier alpha value is -1.57. The summed E-state index contributed by atoms with van der Waals surface area (Å²) in [6, 6.07) is 0.906. The van der Waals surface area contributed by atoms with Crippen LogP contribution in [0.3, 0.4) is 0 Å². The molecule has 0 saturated heterocycles. The molecule has 0 spiro atoms. The van der Waals surface area contributed by atoms with Gasteiger partial charge in [0.25, 0.3) is 0 Å². The molecule has 21 heavy (non-hydrogen) atoms. The normalized spacial score (nSPS) is 22.3. The first-order chi connectivity index (χ1) is 9.94. The van der Waals surface area contributed by atoms with Gasteiger partial charge in [0.05, 0.1) is 0 Å². The summed E-state index contributed by atoms with van der Waals surface area (Å²) in [6.45, 7) is 0.619. The maximum atomic E-state index is 12.8. The third-order valence-electron chi connectivity index (χ3n) is 3.84. The van der Waals surface area contributed by atoms with Crippen molar-refractivity contribution in [2.75, 3.05) is 30.8 Å². The lowest BCUT2D eigenvalue weighted by Gasteiger charge is -2.18. The summed E-state index contributed by atoms with van der Waals surface area (Å²) in [7, 11) is 1.47. The van der Waals surface area contributed by atoms with Gasteiger partial charge in [-0.05, 0) is 24.7 Å². The molecule has 0 amide bonds. The highest BCUT2D eigenvalue weighted by atomic mass is 19.4. The Morgan fingerprint density at radius 3 is 2.62 bits per heavy atom. The minimum Gasteiger partial charge on any atom is -0.396 e. The molecule has 1 aliphatic rings. The van der Waals surface area contributed by atoms with Crippen molar-refractivity contribution in [3.8, 4) is 0 Å². The van der Waals surface area contributed by atoms with Crippen LogP contribution in [0.25, 0.3) is 0 Å². The molecule has 0 aromatic carbocycles. The molecule has 3 N–H and O–H groups in total. The van der Waals surface area contributed by atoms with Gasteiger partial charge in [-0.1, -0.05) is 6.42 Å². The van der Waals surface area contributed by atoms with Crippen LogP contribution in [0.15, 0.2) is 6.07 Å². The van der Waals surface area contributed by atoms with E-state index in [0.717, 1.165) is 25.3 Å². The fourth-order valence-electron chi connectivity index (χ4n) is 2.65. The maximum absolute atomic E-state index is 12.8. The summed E-state index contributed by atoms with van der Waals surface area (Å²) in [5.74, 6) is 0.547. The van der Waals surface area contributed by atoms with Crippen LogP contribution in [0, 0.1) is 11.8 Å². The third-order valence-corrected chi connectivity index (χ3v) is 3.84. The third kappa shape index (κ3) is 3.96. The Bertz CT molecular complexity index is 481. The van der Waals surface area contributed by atoms with E-state index in [4.69, 9.17) is 0 Å². The number of hydrogen-bond donors (Lipinski definition) is 3. The molecule has 2 unspecified atom stereocenters. The zero-order valence-electron chi connectivity index (χ0n) is 11.7. The van der Waals surface area contributed by atoms with Crippen molar-refractivity contribution >= 4 is 11.8 Å². The second kappa shape index (κ2) is 6.46. The van der Waals surface area contributed by atoms with Crippen LogP contribution in [0.5, 0.6) is 0 Å². The summed E-state index contributed by atoms with van der Waals surface area (Å²) in [6.07, 6.45) is -1.54. The minimum atomic E-state index is -4.51. The number of halogens is 3. The zero-order valence-corrected chi connectivity index (χ0v) is 11.7. The zero-order chi connectivity index (χ0) is 15.5. The lowest BCUT2D eigenvalue weighted by Crippen LogP contribution is -2.22. The van der Waals surface area contributed by atoms with E-state index in [9.17, 15) is 18.3 Å². The predicted molar refractivity (Wildman–Crippen MR) is 73.0 cm³/mol. The van der Waals surface area contributed by atoms with Crippen molar-refractivity contribution in [3.63, 3.8) is 0 Å². The van der Waals surface area contributed by atoms with Crippen LogP contribution in [-0.2, 0) is 6.18 Å². The summed E-state index contributed by atoms with van der Waals surface area (Å²) in [5.41, 5.74) is -0.977. The predicted octanol–water partition coefficient (Wildman–Crippen LogP) is 2.36. The summed E-state index contributed by atoms with van der Waals surface area (Å²) < 4.78 is 38.3. The Labute approximate surface area is 121 Å². The molecule has 2 rings (SSSR count). The van der Waals surface area contributed by atoms with E-state index in [1.807, 2.05) is 0 Å². The lowest BCUT2D eigenvalue weighted by molar-refractivity contribution is -0.141. The fourth-order valence-corrected chi connectivity index (χ4v) is 2.65. The van der Waals surface area contributed by atoms with E-state index in [1.54, 1.807) is 0 Å². The summed E-state index contributed by atoms with van der Waals surface area (Å²) in [4.78, 5) is 7.39. The number of anilines is 2. The highest BCUT2D eigenvalue weighted by molar-refractivity contribution is 5.42. The first kappa shape index (κ1) is 15.8. The number of alkyl halides is 3. The highest BCUT2D eigenvalue weighted by Gasteiger charge is 2.34. The average molecular weight is 304 g/mol. The second-order valence-corrected chi connectivity index (χ2v) is 5.22. The van der Waals surface area contributed by atoms with Gasteiger partial charge in [-0.3, -0.25) is 0 Å². The SMILES string of the molecule is CNc1nc(NCC2CCCC2CO)cc(C(F)(F)F)n1. The Morgan fingerprint density at radius 2 is 2.00 bits per heavy atom. The molecule has 1 heterocycles. The summed E-state index contributed by atoms with van der Waals surface area (Å²) >= 11 is 0. The van der Waals surface area contributed by atoms with Crippen LogP contribution in [0.1, 0.15) is 25.0 Å². The molecule has 1 fully saturated rings. The van der Waals surface area contributed by atoms with Crippen LogP contribution in [0.4, 0.5) is 24.9 Å². The fraction of sp³-hybridized carbons (Fsp3) is 0.692. The van der Waals surface area contributed by atoms with Gasteiger partial charge in [0.1, 0.15) is 5.82 Å². The first-order valence-corrected chi connectivity index (χ1v) is 6.92. The number of hydrogen-bond acceptors (Lipinski definition) is 5. The molecule has 1 aromatic rings. The van der Waals surface area contributed by atoms with E-state index in [-0.39, 0.29) is 30.2 Å². The molecule has 8 heteroatoms. The second-order valence-electron chi connectivity index (χ2n) is 5.22. The number of aromatic nitrogens is 2. The monoisotopic (exact) mass is 304 g/mol. The van der Waals surface area contributed by atoms with Gasteiger partial charge in [0.2, 0.25) is 5.95 Å². The lowest BCUT2D eigenvalue weighted by atomic mass is 9.97. The van der Waals surface area contributed by atoms with Gasteiger partial charge < -0.3 is 15.7 Å². The quantitative estimate of drug-likeness (QED) is 0.779. The average Bonchev–Trinajstić information content (AvgIpc) is 2.91. The molecule has 0 bridgehead atoms. The van der Waals surface area contributed by atoms with Gasteiger partial charge in [-0.15, -0.1) is 0 Å². The van der Waals surface area contributed by atoms with Crippen LogP contribution in [-0.4, -0.2) is 35.3 Å². The topological polar surface area (TPSA) is 70.1 Å². The Morgan fingerprint density at radius 1 is 1.29 bits per heavy atom. The number of nitrogens with one attached hydrogen (secondary N) is 2. The van der Waals surface area contributed by atoms with Crippen molar-refractivity contribution < 1.29 is 18.3 Å². The van der Waals surface area contributed by atoms with Crippen LogP contribution < -0.4 is 10.6 Å². The van der Waals surface area contributed by atoms with E-state index >= 15 is 0 Å². The number of nitrogens with zero attached hydrogens (tertiary/aromatic N) is 2. The van der Waals surface area contributed by atoms with Gasteiger partial charge >= 0.3 is 6.18 Å². The van der Waals surface area contributed by atoms with Gasteiger partial charge in [0, 0.05) is 26.3 Å². The molecule has 1 aliphatic carbocycles. The van der Waals surface area contributed by atoms with Crippen LogP contribution >= 0.6 is 0 Å². The molecule has 118 valence electrons. The number of aliphatic hydroxyl groups is 1. The Kier molecular flexibility index (Phi) is 4.87. The Balaban J connectivity index is 2.09. The van der Waals surface area contributed by atoms with Gasteiger partial charge in [-0.25, -0.2) is 4.98 Å². The van der Waals surface area contributed by atoms with Crippen molar-refractivity contribution in [2.45, 2.75) is 25.4 Å². The standard InChI is InChI=1S/C13H19F3N4O/c1-17-12-19-10(13(14,15)16)5-11(20-12)18-6-8-3-2-4-9(8)7-21/h5,8-9,21H,2-4,6-7H2,1H3,(H2,17,18,19,20). The first-order valence-electron chi connectivity index (χ1n) is 6.92. The molecular weight excluding hydrogens is 285 g/mol. The smallest absolute Gasteiger partial charge is 0.396 e. The van der Waals surface area contributed by atoms with Crippen molar-refractivity contribution in [1.82, 2.24) is 9.97 Å².